The van der Waals surface area contributed by atoms with Gasteiger partial charge in [0, 0.05) is 29.7 Å². The average Bonchev–Trinajstić information content (AvgIpc) is 2.85. The molecule has 0 aromatic carbocycles. The molecule has 0 fully saturated rings. The lowest BCUT2D eigenvalue weighted by Crippen LogP contribution is -2.12. The summed E-state index contributed by atoms with van der Waals surface area (Å²) < 4.78 is 0. The van der Waals surface area contributed by atoms with Gasteiger partial charge >= 0.3 is 0 Å². The van der Waals surface area contributed by atoms with Crippen molar-refractivity contribution in [3.63, 3.8) is 0 Å². The second kappa shape index (κ2) is 4.70. The Morgan fingerprint density at radius 3 is 2.74 bits per heavy atom. The molecular formula is C13H9ClN4O. The van der Waals surface area contributed by atoms with Crippen LogP contribution in [0.3, 0.4) is 0 Å². The van der Waals surface area contributed by atoms with Crippen LogP contribution in [0.25, 0.3) is 10.9 Å². The Morgan fingerprint density at radius 1 is 1.21 bits per heavy atom. The summed E-state index contributed by atoms with van der Waals surface area (Å²) >= 11 is 5.95. The minimum Gasteiger partial charge on any atom is -0.348 e. The summed E-state index contributed by atoms with van der Waals surface area (Å²) in [5, 5.41) is 3.96. The van der Waals surface area contributed by atoms with Gasteiger partial charge in [-0.15, -0.1) is 0 Å². The molecule has 0 saturated heterocycles. The molecule has 19 heavy (non-hydrogen) atoms. The highest BCUT2D eigenvalue weighted by atomic mass is 35.5. The Labute approximate surface area is 113 Å². The minimum absolute atomic E-state index is 0.238. The lowest BCUT2D eigenvalue weighted by atomic mass is 10.3. The molecule has 3 aromatic heterocycles. The van der Waals surface area contributed by atoms with E-state index in [0.717, 1.165) is 5.39 Å². The van der Waals surface area contributed by atoms with Gasteiger partial charge in [0.25, 0.3) is 5.91 Å². The second-order valence-corrected chi connectivity index (χ2v) is 4.30. The van der Waals surface area contributed by atoms with Crippen molar-refractivity contribution in [3.05, 3.63) is 53.7 Å². The molecule has 0 unspecified atom stereocenters. The van der Waals surface area contributed by atoms with Crippen LogP contribution in [0, 0.1) is 0 Å². The Hall–Kier alpha value is -2.40. The first-order valence-corrected chi connectivity index (χ1v) is 5.96. The number of nitrogens with one attached hydrogen (secondary N) is 2. The van der Waals surface area contributed by atoms with Crippen molar-refractivity contribution in [2.45, 2.75) is 0 Å². The van der Waals surface area contributed by atoms with E-state index in [1.54, 1.807) is 42.9 Å². The number of amides is 1. The summed E-state index contributed by atoms with van der Waals surface area (Å²) in [4.78, 5) is 22.9. The van der Waals surface area contributed by atoms with Crippen LogP contribution >= 0.6 is 11.6 Å². The van der Waals surface area contributed by atoms with Gasteiger partial charge < -0.3 is 10.3 Å². The Morgan fingerprint density at radius 2 is 2.00 bits per heavy atom. The molecular weight excluding hydrogens is 264 g/mol. The molecule has 2 N–H and O–H groups in total. The summed E-state index contributed by atoms with van der Waals surface area (Å²) in [6.07, 6.45) is 4.83. The Bertz CT molecular complexity index is 739. The van der Waals surface area contributed by atoms with Crippen LogP contribution in [-0.2, 0) is 0 Å². The van der Waals surface area contributed by atoms with Gasteiger partial charge in [0.1, 0.15) is 5.69 Å². The zero-order chi connectivity index (χ0) is 13.2. The minimum atomic E-state index is -0.238. The van der Waals surface area contributed by atoms with Gasteiger partial charge in [-0.25, -0.2) is 4.98 Å². The van der Waals surface area contributed by atoms with Gasteiger partial charge in [-0.2, -0.15) is 0 Å². The molecule has 3 rings (SSSR count). The van der Waals surface area contributed by atoms with Crippen molar-refractivity contribution in [3.8, 4) is 0 Å². The number of aromatic amines is 1. The van der Waals surface area contributed by atoms with E-state index in [1.165, 1.54) is 0 Å². The summed E-state index contributed by atoms with van der Waals surface area (Å²) in [6, 6.07) is 6.96. The topological polar surface area (TPSA) is 70.7 Å². The van der Waals surface area contributed by atoms with E-state index in [-0.39, 0.29) is 5.91 Å². The first-order chi connectivity index (χ1) is 9.24. The molecule has 94 valence electrons. The van der Waals surface area contributed by atoms with E-state index in [1.807, 2.05) is 0 Å². The summed E-state index contributed by atoms with van der Waals surface area (Å²) in [6.45, 7) is 0. The number of aromatic nitrogens is 3. The molecule has 1 amide bonds. The fraction of sp³-hybridized carbons (Fsp3) is 0. The van der Waals surface area contributed by atoms with Gasteiger partial charge in [0.15, 0.2) is 5.15 Å². The third kappa shape index (κ3) is 2.28. The molecule has 3 aromatic rings. The normalized spacial score (nSPS) is 10.6. The number of rotatable bonds is 2. The molecule has 0 aliphatic rings. The lowest BCUT2D eigenvalue weighted by molar-refractivity contribution is 0.102. The van der Waals surface area contributed by atoms with Crippen LogP contribution in [0.15, 0.2) is 42.9 Å². The number of hydrogen-bond donors (Lipinski definition) is 2. The van der Waals surface area contributed by atoms with Gasteiger partial charge in [0.05, 0.1) is 5.52 Å². The van der Waals surface area contributed by atoms with Gasteiger partial charge in [0.2, 0.25) is 0 Å². The zero-order valence-corrected chi connectivity index (χ0v) is 10.5. The van der Waals surface area contributed by atoms with E-state index in [4.69, 9.17) is 11.6 Å². The predicted octanol–water partition coefficient (Wildman–Crippen LogP) is 2.86. The highest BCUT2D eigenvalue weighted by Crippen LogP contribution is 2.21. The Balaban J connectivity index is 1.92. The van der Waals surface area contributed by atoms with Crippen molar-refractivity contribution in [2.75, 3.05) is 5.32 Å². The molecule has 0 radical (unpaired) electrons. The predicted molar refractivity (Wildman–Crippen MR) is 73.3 cm³/mol. The number of halogens is 1. The maximum absolute atomic E-state index is 12.1. The molecule has 0 aliphatic carbocycles. The van der Waals surface area contributed by atoms with E-state index in [0.29, 0.717) is 22.1 Å². The summed E-state index contributed by atoms with van der Waals surface area (Å²) in [5.41, 5.74) is 1.77. The number of nitrogens with zero attached hydrogens (tertiary/aromatic N) is 2. The SMILES string of the molecule is O=C(Nc1ccncc1)c1cc2ccnc(Cl)c2[nH]1. The van der Waals surface area contributed by atoms with Crippen molar-refractivity contribution in [1.29, 1.82) is 0 Å². The fourth-order valence-electron chi connectivity index (χ4n) is 1.78. The highest BCUT2D eigenvalue weighted by Gasteiger charge is 2.11. The zero-order valence-electron chi connectivity index (χ0n) is 9.72. The van der Waals surface area contributed by atoms with E-state index in [2.05, 4.69) is 20.3 Å². The van der Waals surface area contributed by atoms with Gasteiger partial charge in [-0.1, -0.05) is 11.6 Å². The molecule has 0 saturated carbocycles. The maximum Gasteiger partial charge on any atom is 0.272 e. The van der Waals surface area contributed by atoms with Crippen LogP contribution in [0.4, 0.5) is 5.69 Å². The number of fused-ring (bicyclic) bond motifs is 1. The third-order valence-corrected chi connectivity index (χ3v) is 2.97. The molecule has 0 bridgehead atoms. The number of anilines is 1. The van der Waals surface area contributed by atoms with Crippen LogP contribution in [-0.4, -0.2) is 20.9 Å². The molecule has 0 aliphatic heterocycles. The quantitative estimate of drug-likeness (QED) is 0.705. The van der Waals surface area contributed by atoms with E-state index < -0.39 is 0 Å². The highest BCUT2D eigenvalue weighted by molar-refractivity contribution is 6.34. The Kier molecular flexibility index (Phi) is 2.89. The molecule has 3 heterocycles. The molecule has 0 atom stereocenters. The largest absolute Gasteiger partial charge is 0.348 e. The van der Waals surface area contributed by atoms with Crippen LogP contribution in [0.1, 0.15) is 10.5 Å². The van der Waals surface area contributed by atoms with E-state index in [9.17, 15) is 4.79 Å². The van der Waals surface area contributed by atoms with Crippen molar-refractivity contribution in [2.24, 2.45) is 0 Å². The fourth-order valence-corrected chi connectivity index (χ4v) is 1.99. The molecule has 0 spiro atoms. The summed E-state index contributed by atoms with van der Waals surface area (Å²) in [7, 11) is 0. The first-order valence-electron chi connectivity index (χ1n) is 5.58. The monoisotopic (exact) mass is 272 g/mol. The van der Waals surface area contributed by atoms with Crippen molar-refractivity contribution >= 4 is 34.1 Å². The maximum atomic E-state index is 12.1. The van der Waals surface area contributed by atoms with Gasteiger partial charge in [-0.05, 0) is 24.3 Å². The number of hydrogen-bond acceptors (Lipinski definition) is 3. The number of carbonyl (C=O) groups is 1. The number of carbonyl (C=O) groups excluding carboxylic acids is 1. The average molecular weight is 273 g/mol. The van der Waals surface area contributed by atoms with E-state index >= 15 is 0 Å². The van der Waals surface area contributed by atoms with Gasteiger partial charge in [-0.3, -0.25) is 9.78 Å². The first kappa shape index (κ1) is 11.7. The van der Waals surface area contributed by atoms with Crippen LogP contribution in [0.5, 0.6) is 0 Å². The second-order valence-electron chi connectivity index (χ2n) is 3.94. The summed E-state index contributed by atoms with van der Waals surface area (Å²) in [5.74, 6) is -0.238. The number of pyridine rings is 2. The van der Waals surface area contributed by atoms with Crippen molar-refractivity contribution < 1.29 is 4.79 Å². The molecule has 5 nitrogen and oxygen atoms in total. The number of H-pyrrole nitrogens is 1. The standard InChI is InChI=1S/C13H9ClN4O/c14-12-11-8(1-6-16-12)7-10(18-11)13(19)17-9-2-4-15-5-3-9/h1-7,18H,(H,15,17,19). The van der Waals surface area contributed by atoms with Crippen molar-refractivity contribution in [1.82, 2.24) is 15.0 Å². The lowest BCUT2D eigenvalue weighted by Gasteiger charge is -2.02. The third-order valence-electron chi connectivity index (χ3n) is 2.68. The van der Waals surface area contributed by atoms with Crippen LogP contribution < -0.4 is 5.32 Å². The van der Waals surface area contributed by atoms with Crippen LogP contribution in [0.2, 0.25) is 5.15 Å². The molecule has 6 heteroatoms. The smallest absolute Gasteiger partial charge is 0.272 e.